The van der Waals surface area contributed by atoms with Gasteiger partial charge < -0.3 is 23.6 Å². The van der Waals surface area contributed by atoms with Gasteiger partial charge in [0.15, 0.2) is 5.75 Å². The Bertz CT molecular complexity index is 1560. The third kappa shape index (κ3) is 8.37. The number of phosphoric ester groups is 1. The molecule has 0 unspecified atom stereocenters. The van der Waals surface area contributed by atoms with Crippen molar-refractivity contribution in [3.63, 3.8) is 0 Å². The van der Waals surface area contributed by atoms with E-state index in [1.54, 1.807) is 19.9 Å². The molecular weight excluding hydrogens is 574 g/mol. The number of hydrogen-bond acceptors (Lipinski definition) is 10. The molecule has 0 atom stereocenters. The number of rotatable bonds is 7. The summed E-state index contributed by atoms with van der Waals surface area (Å²) in [6.45, 7) is 2.54. The number of nitriles is 1. The van der Waals surface area contributed by atoms with Crippen molar-refractivity contribution in [2.24, 2.45) is 0 Å². The molecule has 0 fully saturated rings. The summed E-state index contributed by atoms with van der Waals surface area (Å²) in [6, 6.07) is 5.38. The van der Waals surface area contributed by atoms with E-state index in [9.17, 15) is 28.7 Å². The molecule has 3 rings (SSSR count). The number of pyridine rings is 1. The Morgan fingerprint density at radius 2 is 1.76 bits per heavy atom. The van der Waals surface area contributed by atoms with Gasteiger partial charge in [-0.2, -0.15) is 9.94 Å². The van der Waals surface area contributed by atoms with Crippen molar-refractivity contribution in [2.45, 2.75) is 26.5 Å². The van der Waals surface area contributed by atoms with Gasteiger partial charge in [-0.1, -0.05) is 37.0 Å². The molecule has 0 spiro atoms. The summed E-state index contributed by atoms with van der Waals surface area (Å²) in [5.74, 6) is -0.412. The fourth-order valence-electron chi connectivity index (χ4n) is 2.86. The molecular formula is C19H14Cl2N5Na2O8P. The van der Waals surface area contributed by atoms with E-state index in [0.29, 0.717) is 4.68 Å². The maximum atomic E-state index is 12.6. The maximum Gasteiger partial charge on any atom is 1.00 e. The minimum absolute atomic E-state index is 0. The largest absolute Gasteiger partial charge is 1.00 e. The summed E-state index contributed by atoms with van der Waals surface area (Å²) in [7, 11) is -5.35. The fourth-order valence-corrected chi connectivity index (χ4v) is 3.68. The van der Waals surface area contributed by atoms with E-state index >= 15 is 0 Å². The van der Waals surface area contributed by atoms with Crippen LogP contribution in [0.5, 0.6) is 11.5 Å². The molecule has 0 radical (unpaired) electrons. The van der Waals surface area contributed by atoms with Gasteiger partial charge in [0, 0.05) is 5.56 Å². The van der Waals surface area contributed by atoms with Crippen LogP contribution >= 0.6 is 31.0 Å². The predicted octanol–water partition coefficient (Wildman–Crippen LogP) is -5.01. The number of aromatic amines is 1. The number of ether oxygens (including phenoxy) is 1. The van der Waals surface area contributed by atoms with Crippen LogP contribution in [0.15, 0.2) is 38.8 Å². The molecule has 0 saturated heterocycles. The maximum absolute atomic E-state index is 12.6. The molecule has 37 heavy (non-hydrogen) atoms. The summed E-state index contributed by atoms with van der Waals surface area (Å²) in [6.07, 6.45) is 1.09. The molecule has 0 bridgehead atoms. The standard InChI is InChI=1S/C19H16Cl2N5O8P.2Na/c1-9(2)12-5-11(7-25(18(12)28)8-33-35(30,31)32)34-16-13(20)3-10(4-14(16)21)26-19(29)23-17(27)15(6-22)24-26;;/h3-5,7,9H,8H2,1-2H3,(H,23,27,29)(H2,30,31,32);;/q;2*+1/p-2. The fraction of sp³-hybridized carbons (Fsp3) is 0.211. The zero-order chi connectivity index (χ0) is 26.1. The van der Waals surface area contributed by atoms with Gasteiger partial charge in [0.2, 0.25) is 5.69 Å². The van der Waals surface area contributed by atoms with Crippen LogP contribution in [-0.2, 0) is 15.8 Å². The van der Waals surface area contributed by atoms with E-state index in [4.69, 9.17) is 33.2 Å². The molecule has 2 heterocycles. The molecule has 1 aromatic carbocycles. The van der Waals surface area contributed by atoms with E-state index in [-0.39, 0.29) is 97.8 Å². The molecule has 184 valence electrons. The van der Waals surface area contributed by atoms with E-state index < -0.39 is 37.1 Å². The van der Waals surface area contributed by atoms with Crippen LogP contribution in [0.3, 0.4) is 0 Å². The first-order chi connectivity index (χ1) is 16.3. The zero-order valence-corrected chi connectivity index (χ0v) is 26.3. The predicted molar refractivity (Wildman–Crippen MR) is 119 cm³/mol. The van der Waals surface area contributed by atoms with Crippen molar-refractivity contribution in [1.82, 2.24) is 19.3 Å². The smallest absolute Gasteiger partial charge is 0.790 e. The van der Waals surface area contributed by atoms with Crippen molar-refractivity contribution in [3.05, 3.63) is 76.9 Å². The van der Waals surface area contributed by atoms with Gasteiger partial charge in [-0.3, -0.25) is 19.1 Å². The Kier molecular flexibility index (Phi) is 12.5. The van der Waals surface area contributed by atoms with Crippen LogP contribution in [0.4, 0.5) is 0 Å². The number of phosphoric acid groups is 1. The first-order valence-electron chi connectivity index (χ1n) is 9.52. The van der Waals surface area contributed by atoms with E-state index in [0.717, 1.165) is 10.8 Å². The van der Waals surface area contributed by atoms with Crippen molar-refractivity contribution in [3.8, 4) is 23.3 Å². The summed E-state index contributed by atoms with van der Waals surface area (Å²) < 4.78 is 22.3. The quantitative estimate of drug-likeness (QED) is 0.206. The molecule has 13 nitrogen and oxygen atoms in total. The Labute approximate surface area is 262 Å². The molecule has 0 amide bonds. The number of H-pyrrole nitrogens is 1. The third-order valence-electron chi connectivity index (χ3n) is 4.45. The number of nitrogens with zero attached hydrogens (tertiary/aromatic N) is 4. The Hall–Kier alpha value is -1.24. The second-order valence-corrected chi connectivity index (χ2v) is 9.21. The molecule has 3 aromatic rings. The molecule has 0 aliphatic carbocycles. The first-order valence-corrected chi connectivity index (χ1v) is 11.7. The number of nitrogens with one attached hydrogen (secondary N) is 1. The van der Waals surface area contributed by atoms with E-state index in [2.05, 4.69) is 9.62 Å². The van der Waals surface area contributed by atoms with Crippen LogP contribution < -0.4 is 90.4 Å². The number of aromatic nitrogens is 4. The minimum Gasteiger partial charge on any atom is -0.790 e. The monoisotopic (exact) mass is 587 g/mol. The second-order valence-electron chi connectivity index (χ2n) is 7.24. The summed E-state index contributed by atoms with van der Waals surface area (Å²) in [4.78, 5) is 59.9. The van der Waals surface area contributed by atoms with Crippen molar-refractivity contribution >= 4 is 31.0 Å². The van der Waals surface area contributed by atoms with Crippen LogP contribution in [0.1, 0.15) is 31.0 Å². The number of benzene rings is 1. The topological polar surface area (TPSA) is 195 Å². The number of halogens is 2. The van der Waals surface area contributed by atoms with Crippen molar-refractivity contribution in [1.29, 1.82) is 5.26 Å². The average Bonchev–Trinajstić information content (AvgIpc) is 2.75. The summed E-state index contributed by atoms with van der Waals surface area (Å²) in [5.41, 5.74) is -2.86. The van der Waals surface area contributed by atoms with E-state index in [1.165, 1.54) is 18.2 Å². The van der Waals surface area contributed by atoms with Gasteiger partial charge in [-0.25, -0.2) is 4.79 Å². The molecule has 0 aliphatic rings. The molecule has 2 aromatic heterocycles. The normalized spacial score (nSPS) is 10.9. The second kappa shape index (κ2) is 13.7. The van der Waals surface area contributed by atoms with Crippen LogP contribution in [-0.4, -0.2) is 19.3 Å². The minimum atomic E-state index is -5.35. The van der Waals surface area contributed by atoms with Gasteiger partial charge in [-0.05, 0) is 24.1 Å². The van der Waals surface area contributed by atoms with Gasteiger partial charge in [0.05, 0.1) is 29.8 Å². The molecule has 18 heteroatoms. The first kappa shape index (κ1) is 33.8. The van der Waals surface area contributed by atoms with Gasteiger partial charge in [-0.15, -0.1) is 5.10 Å². The van der Waals surface area contributed by atoms with Crippen molar-refractivity contribution < 1.29 is 82.7 Å². The zero-order valence-electron chi connectivity index (χ0n) is 19.9. The van der Waals surface area contributed by atoms with Crippen LogP contribution in [0.25, 0.3) is 5.69 Å². The van der Waals surface area contributed by atoms with Gasteiger partial charge >= 0.3 is 64.8 Å². The Morgan fingerprint density at radius 3 is 2.27 bits per heavy atom. The van der Waals surface area contributed by atoms with E-state index in [1.807, 2.05) is 4.98 Å². The average molecular weight is 588 g/mol. The van der Waals surface area contributed by atoms with Gasteiger partial charge in [0.25, 0.3) is 11.1 Å². The SMILES string of the molecule is CC(C)c1cc(Oc2c(Cl)cc(-n3nc(C#N)c(=O)[nH]c3=O)cc2Cl)cn(COP(=O)([O-])[O-])c1=O.[Na+].[Na+]. The van der Waals surface area contributed by atoms with Crippen LogP contribution in [0.2, 0.25) is 10.0 Å². The summed E-state index contributed by atoms with van der Waals surface area (Å²) in [5, 5.41) is 12.4. The summed E-state index contributed by atoms with van der Waals surface area (Å²) >= 11 is 12.6. The van der Waals surface area contributed by atoms with Gasteiger partial charge in [0.1, 0.15) is 18.5 Å². The Balaban J connectivity index is 0.00000342. The Morgan fingerprint density at radius 1 is 1.16 bits per heavy atom. The molecule has 0 saturated carbocycles. The van der Waals surface area contributed by atoms with Crippen LogP contribution in [0, 0.1) is 11.3 Å². The van der Waals surface area contributed by atoms with Crippen molar-refractivity contribution in [2.75, 3.05) is 0 Å². The third-order valence-corrected chi connectivity index (χ3v) is 5.44. The molecule has 1 N–H and O–H groups in total. The number of hydrogen-bond donors (Lipinski definition) is 1. The molecule has 0 aliphatic heterocycles.